The van der Waals surface area contributed by atoms with Crippen LogP contribution in [0.5, 0.6) is 0 Å². The number of carbonyl (C=O) groups is 1. The predicted octanol–water partition coefficient (Wildman–Crippen LogP) is 3.63. The molecule has 3 N–H and O–H groups in total. The number of anilines is 1. The summed E-state index contributed by atoms with van der Waals surface area (Å²) in [5.41, 5.74) is 9.54. The lowest BCUT2D eigenvalue weighted by Gasteiger charge is -2.13. The van der Waals surface area contributed by atoms with E-state index in [1.165, 1.54) is 5.56 Å². The van der Waals surface area contributed by atoms with Gasteiger partial charge < -0.3 is 15.5 Å². The second kappa shape index (κ2) is 6.76. The number of carbonyl (C=O) groups excluding carboxylic acids is 1. The molecule has 0 radical (unpaired) electrons. The van der Waals surface area contributed by atoms with Gasteiger partial charge in [0, 0.05) is 16.8 Å². The van der Waals surface area contributed by atoms with Crippen LogP contribution < -0.4 is 11.1 Å². The first-order chi connectivity index (χ1) is 11.9. The molecule has 25 heavy (non-hydrogen) atoms. The van der Waals surface area contributed by atoms with E-state index in [0.717, 1.165) is 16.8 Å². The normalized spacial score (nSPS) is 12.0. The zero-order valence-corrected chi connectivity index (χ0v) is 14.4. The van der Waals surface area contributed by atoms with Crippen LogP contribution in [0.4, 0.5) is 5.69 Å². The smallest absolute Gasteiger partial charge is 0.249 e. The number of hydrogen-bond donors (Lipinski definition) is 2. The number of aryl methyl sites for hydroxylation is 2. The van der Waals surface area contributed by atoms with Crippen LogP contribution >= 0.6 is 0 Å². The van der Waals surface area contributed by atoms with Gasteiger partial charge in [-0.05, 0) is 50.6 Å². The molecule has 6 heteroatoms. The summed E-state index contributed by atoms with van der Waals surface area (Å²) in [6.07, 6.45) is 0. The third kappa shape index (κ3) is 3.68. The van der Waals surface area contributed by atoms with E-state index in [1.807, 2.05) is 57.2 Å². The van der Waals surface area contributed by atoms with Gasteiger partial charge in [0.1, 0.15) is 6.04 Å². The molecule has 1 atom stereocenters. The van der Waals surface area contributed by atoms with E-state index in [4.69, 9.17) is 10.2 Å². The highest BCUT2D eigenvalue weighted by Crippen LogP contribution is 2.24. The van der Waals surface area contributed by atoms with Crippen molar-refractivity contribution in [1.29, 1.82) is 0 Å². The Morgan fingerprint density at radius 2 is 1.84 bits per heavy atom. The van der Waals surface area contributed by atoms with Gasteiger partial charge >= 0.3 is 0 Å². The quantitative estimate of drug-likeness (QED) is 0.742. The summed E-state index contributed by atoms with van der Waals surface area (Å²) in [5, 5.41) is 11.5. The molecule has 2 aromatic carbocycles. The molecule has 0 fully saturated rings. The highest BCUT2D eigenvalue weighted by Gasteiger charge is 2.16. The summed E-state index contributed by atoms with van der Waals surface area (Å²) < 4.78 is 5.77. The number of nitrogens with two attached hydrogens (primary N) is 1. The van der Waals surface area contributed by atoms with Crippen molar-refractivity contribution in [2.75, 3.05) is 5.32 Å². The van der Waals surface area contributed by atoms with Gasteiger partial charge in [-0.25, -0.2) is 0 Å². The molecular weight excluding hydrogens is 316 g/mol. The Labute approximate surface area is 146 Å². The van der Waals surface area contributed by atoms with Crippen molar-refractivity contribution in [3.05, 3.63) is 65.0 Å². The van der Waals surface area contributed by atoms with Gasteiger partial charge in [-0.3, -0.25) is 4.79 Å². The highest BCUT2D eigenvalue weighted by molar-refractivity contribution is 5.95. The molecule has 128 valence electrons. The summed E-state index contributed by atoms with van der Waals surface area (Å²) in [7, 11) is 0. The van der Waals surface area contributed by atoms with E-state index in [2.05, 4.69) is 15.5 Å². The number of rotatable bonds is 5. The summed E-state index contributed by atoms with van der Waals surface area (Å²) in [4.78, 5) is 11.5. The molecule has 1 heterocycles. The van der Waals surface area contributed by atoms with Crippen LogP contribution in [-0.2, 0) is 0 Å². The van der Waals surface area contributed by atoms with Crippen molar-refractivity contribution in [3.8, 4) is 11.5 Å². The number of amides is 1. The number of aromatic nitrogens is 2. The number of primary amides is 1. The molecular formula is C19H20N4O2. The van der Waals surface area contributed by atoms with Crippen molar-refractivity contribution in [2.24, 2.45) is 5.73 Å². The minimum atomic E-state index is -0.451. The molecule has 6 nitrogen and oxygen atoms in total. The molecule has 1 aromatic heterocycles. The van der Waals surface area contributed by atoms with E-state index in [9.17, 15) is 4.79 Å². The minimum Gasteiger partial charge on any atom is -0.418 e. The summed E-state index contributed by atoms with van der Waals surface area (Å²) >= 11 is 0. The lowest BCUT2D eigenvalue weighted by Crippen LogP contribution is -2.14. The Bertz CT molecular complexity index is 900. The second-order valence-electron chi connectivity index (χ2n) is 6.07. The maximum atomic E-state index is 11.5. The first-order valence-corrected chi connectivity index (χ1v) is 8.01. The van der Waals surface area contributed by atoms with Gasteiger partial charge in [0.15, 0.2) is 0 Å². The molecule has 1 amide bonds. The zero-order valence-electron chi connectivity index (χ0n) is 14.4. The molecule has 0 unspecified atom stereocenters. The highest BCUT2D eigenvalue weighted by atomic mass is 16.4. The topological polar surface area (TPSA) is 94.0 Å². The molecule has 0 aliphatic rings. The van der Waals surface area contributed by atoms with E-state index in [0.29, 0.717) is 17.3 Å². The fraction of sp³-hybridized carbons (Fsp3) is 0.211. The minimum absolute atomic E-state index is 0.213. The third-order valence-corrected chi connectivity index (χ3v) is 4.00. The van der Waals surface area contributed by atoms with Crippen LogP contribution in [0.25, 0.3) is 11.5 Å². The Kier molecular flexibility index (Phi) is 4.52. The van der Waals surface area contributed by atoms with E-state index >= 15 is 0 Å². The lowest BCUT2D eigenvalue weighted by atomic mass is 10.1. The van der Waals surface area contributed by atoms with Crippen molar-refractivity contribution >= 4 is 11.6 Å². The summed E-state index contributed by atoms with van der Waals surface area (Å²) in [6.45, 7) is 5.78. The van der Waals surface area contributed by atoms with Crippen molar-refractivity contribution in [3.63, 3.8) is 0 Å². The monoisotopic (exact) mass is 336 g/mol. The largest absolute Gasteiger partial charge is 0.418 e. The van der Waals surface area contributed by atoms with Crippen LogP contribution in [0, 0.1) is 13.8 Å². The Balaban J connectivity index is 1.78. The fourth-order valence-corrected chi connectivity index (χ4v) is 2.51. The van der Waals surface area contributed by atoms with Gasteiger partial charge in [0.2, 0.25) is 17.7 Å². The molecule has 0 spiro atoms. The first-order valence-electron chi connectivity index (χ1n) is 8.01. The van der Waals surface area contributed by atoms with E-state index < -0.39 is 5.91 Å². The zero-order chi connectivity index (χ0) is 18.0. The molecule has 3 aromatic rings. The number of hydrogen-bond acceptors (Lipinski definition) is 5. The summed E-state index contributed by atoms with van der Waals surface area (Å²) in [5.74, 6) is 0.496. The average molecular weight is 336 g/mol. The van der Waals surface area contributed by atoms with Crippen LogP contribution in [0.15, 0.2) is 46.9 Å². The Morgan fingerprint density at radius 1 is 1.12 bits per heavy atom. The SMILES string of the molecule is Cc1ccc(-c2nnc([C@H](C)Nc3ccc(C)c(C(N)=O)c3)o2)cc1. The fourth-order valence-electron chi connectivity index (χ4n) is 2.51. The number of benzene rings is 2. The third-order valence-electron chi connectivity index (χ3n) is 4.00. The van der Waals surface area contributed by atoms with Crippen LogP contribution in [-0.4, -0.2) is 16.1 Å². The van der Waals surface area contributed by atoms with Crippen molar-refractivity contribution in [2.45, 2.75) is 26.8 Å². The summed E-state index contributed by atoms with van der Waals surface area (Å²) in [6, 6.07) is 13.1. The number of nitrogens with one attached hydrogen (secondary N) is 1. The molecule has 0 aliphatic carbocycles. The first kappa shape index (κ1) is 16.7. The van der Waals surface area contributed by atoms with Gasteiger partial charge in [0.25, 0.3) is 0 Å². The van der Waals surface area contributed by atoms with Crippen molar-refractivity contribution in [1.82, 2.24) is 10.2 Å². The molecule has 0 aliphatic heterocycles. The van der Waals surface area contributed by atoms with Gasteiger partial charge in [-0.15, -0.1) is 10.2 Å². The van der Waals surface area contributed by atoms with Crippen molar-refractivity contribution < 1.29 is 9.21 Å². The predicted molar refractivity (Wildman–Crippen MR) is 96.2 cm³/mol. The van der Waals surface area contributed by atoms with E-state index in [1.54, 1.807) is 6.07 Å². The van der Waals surface area contributed by atoms with Crippen LogP contribution in [0.3, 0.4) is 0 Å². The second-order valence-corrected chi connectivity index (χ2v) is 6.07. The Morgan fingerprint density at radius 3 is 2.52 bits per heavy atom. The maximum absolute atomic E-state index is 11.5. The van der Waals surface area contributed by atoms with E-state index in [-0.39, 0.29) is 6.04 Å². The van der Waals surface area contributed by atoms with Gasteiger partial charge in [-0.1, -0.05) is 23.8 Å². The average Bonchev–Trinajstić information content (AvgIpc) is 3.07. The molecule has 3 rings (SSSR count). The van der Waals surface area contributed by atoms with Gasteiger partial charge in [-0.2, -0.15) is 0 Å². The lowest BCUT2D eigenvalue weighted by molar-refractivity contribution is 0.0999. The molecule has 0 bridgehead atoms. The van der Waals surface area contributed by atoms with Crippen LogP contribution in [0.1, 0.15) is 40.3 Å². The standard InChI is InChI=1S/C19H20N4O2/c1-11-4-7-14(8-5-11)19-23-22-18(25-19)13(3)21-15-9-6-12(2)16(10-15)17(20)24/h4-10,13,21H,1-3H3,(H2,20,24)/t13-/m0/s1. The molecule has 0 saturated carbocycles. The molecule has 0 saturated heterocycles. The maximum Gasteiger partial charge on any atom is 0.249 e. The van der Waals surface area contributed by atoms with Crippen LogP contribution in [0.2, 0.25) is 0 Å². The number of nitrogens with zero attached hydrogens (tertiary/aromatic N) is 2. The Hall–Kier alpha value is -3.15. The van der Waals surface area contributed by atoms with Gasteiger partial charge in [0.05, 0.1) is 0 Å².